The summed E-state index contributed by atoms with van der Waals surface area (Å²) in [5.41, 5.74) is 1.82. The second-order valence-electron chi connectivity index (χ2n) is 4.54. The Balaban J connectivity index is 2.66. The lowest BCUT2D eigenvalue weighted by Gasteiger charge is -2.29. The van der Waals surface area contributed by atoms with Crippen LogP contribution in [-0.2, 0) is 4.79 Å². The minimum Gasteiger partial charge on any atom is -0.303 e. The number of carbonyl (C=O) groups is 1. The largest absolute Gasteiger partial charge is 0.303 e. The Labute approximate surface area is 81.2 Å². The Morgan fingerprint density at radius 1 is 1.62 bits per heavy atom. The minimum atomic E-state index is 0.261. The van der Waals surface area contributed by atoms with Gasteiger partial charge in [0.05, 0.1) is 0 Å². The number of hydrogen-bond donors (Lipinski definition) is 0. The van der Waals surface area contributed by atoms with Crippen LogP contribution in [0, 0.1) is 11.3 Å². The number of aldehydes is 1. The topological polar surface area (TPSA) is 17.1 Å². The van der Waals surface area contributed by atoms with Gasteiger partial charge in [-0.2, -0.15) is 0 Å². The van der Waals surface area contributed by atoms with Gasteiger partial charge in [0.25, 0.3) is 0 Å². The zero-order valence-corrected chi connectivity index (χ0v) is 8.97. The van der Waals surface area contributed by atoms with E-state index in [1.807, 2.05) is 0 Å². The lowest BCUT2D eigenvalue weighted by atomic mass is 9.75. The van der Waals surface area contributed by atoms with Gasteiger partial charge in [0, 0.05) is 6.42 Å². The van der Waals surface area contributed by atoms with E-state index in [0.29, 0.717) is 5.92 Å². The summed E-state index contributed by atoms with van der Waals surface area (Å²) < 4.78 is 0. The molecule has 13 heavy (non-hydrogen) atoms. The maximum atomic E-state index is 10.5. The zero-order valence-electron chi connectivity index (χ0n) is 8.97. The van der Waals surface area contributed by atoms with E-state index in [4.69, 9.17) is 0 Å². The van der Waals surface area contributed by atoms with Gasteiger partial charge in [-0.3, -0.25) is 0 Å². The van der Waals surface area contributed by atoms with Crippen LogP contribution in [0.15, 0.2) is 11.6 Å². The highest BCUT2D eigenvalue weighted by molar-refractivity contribution is 5.50. The van der Waals surface area contributed by atoms with E-state index in [9.17, 15) is 4.79 Å². The van der Waals surface area contributed by atoms with Gasteiger partial charge < -0.3 is 4.79 Å². The quantitative estimate of drug-likeness (QED) is 0.479. The monoisotopic (exact) mass is 180 g/mol. The van der Waals surface area contributed by atoms with Crippen molar-refractivity contribution in [1.29, 1.82) is 0 Å². The Kier molecular flexibility index (Phi) is 3.29. The van der Waals surface area contributed by atoms with E-state index in [1.165, 1.54) is 12.8 Å². The van der Waals surface area contributed by atoms with E-state index in [0.717, 1.165) is 19.1 Å². The molecule has 0 amide bonds. The van der Waals surface area contributed by atoms with Crippen molar-refractivity contribution in [3.05, 3.63) is 11.6 Å². The molecule has 0 unspecified atom stereocenters. The van der Waals surface area contributed by atoms with Gasteiger partial charge in [0.1, 0.15) is 6.29 Å². The molecule has 74 valence electrons. The van der Waals surface area contributed by atoms with Gasteiger partial charge in [0.2, 0.25) is 0 Å². The van der Waals surface area contributed by atoms with Crippen molar-refractivity contribution >= 4 is 6.29 Å². The maximum Gasteiger partial charge on any atom is 0.120 e. The molecule has 0 saturated carbocycles. The molecule has 0 aliphatic heterocycles. The summed E-state index contributed by atoms with van der Waals surface area (Å²) in [5, 5.41) is 0. The summed E-state index contributed by atoms with van der Waals surface area (Å²) in [6.07, 6.45) is 7.63. The van der Waals surface area contributed by atoms with Crippen LogP contribution in [0.3, 0.4) is 0 Å². The normalized spacial score (nSPS) is 25.8. The Hall–Kier alpha value is -0.590. The predicted molar refractivity (Wildman–Crippen MR) is 55.6 cm³/mol. The van der Waals surface area contributed by atoms with Crippen molar-refractivity contribution in [3.8, 4) is 0 Å². The van der Waals surface area contributed by atoms with Crippen molar-refractivity contribution < 1.29 is 4.79 Å². The zero-order chi connectivity index (χ0) is 9.90. The van der Waals surface area contributed by atoms with Crippen LogP contribution in [0.5, 0.6) is 0 Å². The average Bonchev–Trinajstić information content (AvgIpc) is 2.33. The highest BCUT2D eigenvalue weighted by atomic mass is 16.1. The molecule has 0 bridgehead atoms. The van der Waals surface area contributed by atoms with Gasteiger partial charge in [-0.15, -0.1) is 0 Å². The number of allylic oxidation sites excluding steroid dienone is 2. The fourth-order valence-electron chi connectivity index (χ4n) is 2.30. The van der Waals surface area contributed by atoms with Crippen LogP contribution in [0.1, 0.15) is 46.5 Å². The summed E-state index contributed by atoms with van der Waals surface area (Å²) in [7, 11) is 0. The first kappa shape index (κ1) is 10.5. The van der Waals surface area contributed by atoms with E-state index in [-0.39, 0.29) is 5.41 Å². The van der Waals surface area contributed by atoms with Crippen LogP contribution in [0.4, 0.5) is 0 Å². The molecule has 0 spiro atoms. The molecule has 0 heterocycles. The first-order valence-electron chi connectivity index (χ1n) is 5.26. The number of hydrogen-bond acceptors (Lipinski definition) is 1. The molecule has 0 saturated heterocycles. The third-order valence-electron chi connectivity index (χ3n) is 3.40. The average molecular weight is 180 g/mol. The molecule has 1 heteroatoms. The van der Waals surface area contributed by atoms with Crippen LogP contribution in [0.2, 0.25) is 0 Å². The summed E-state index contributed by atoms with van der Waals surface area (Å²) in [6, 6.07) is 0. The fraction of sp³-hybridized carbons (Fsp3) is 0.750. The Morgan fingerprint density at radius 2 is 2.31 bits per heavy atom. The highest BCUT2D eigenvalue weighted by Crippen LogP contribution is 2.46. The summed E-state index contributed by atoms with van der Waals surface area (Å²) in [4.78, 5) is 10.5. The molecule has 1 nitrogen and oxygen atoms in total. The summed E-state index contributed by atoms with van der Waals surface area (Å²) >= 11 is 0. The highest BCUT2D eigenvalue weighted by Gasteiger charge is 2.35. The molecule has 0 aromatic rings. The predicted octanol–water partition coefficient (Wildman–Crippen LogP) is 3.35. The van der Waals surface area contributed by atoms with Gasteiger partial charge in [-0.1, -0.05) is 38.8 Å². The molecular formula is C12H20O. The molecule has 0 fully saturated rings. The summed E-state index contributed by atoms with van der Waals surface area (Å²) in [5.74, 6) is 0.548. The lowest BCUT2D eigenvalue weighted by molar-refractivity contribution is -0.109. The van der Waals surface area contributed by atoms with Crippen molar-refractivity contribution in [1.82, 2.24) is 0 Å². The summed E-state index contributed by atoms with van der Waals surface area (Å²) in [6.45, 7) is 6.76. The van der Waals surface area contributed by atoms with Gasteiger partial charge in [0.15, 0.2) is 0 Å². The lowest BCUT2D eigenvalue weighted by Crippen LogP contribution is -2.21. The van der Waals surface area contributed by atoms with Crippen molar-refractivity contribution in [3.63, 3.8) is 0 Å². The maximum absolute atomic E-state index is 10.5. The van der Waals surface area contributed by atoms with Crippen LogP contribution < -0.4 is 0 Å². The SMILES string of the molecule is CCCC1=CC[C@H](CC=O)C1(C)C. The Bertz CT molecular complexity index is 213. The molecule has 0 aromatic carbocycles. The molecule has 1 aliphatic rings. The van der Waals surface area contributed by atoms with Crippen LogP contribution in [0.25, 0.3) is 0 Å². The standard InChI is InChI=1S/C12H20O/c1-4-5-10-6-7-11(8-9-13)12(10,2)3/h6,9,11H,4-5,7-8H2,1-3H3/t11-/m1/s1. The van der Waals surface area contributed by atoms with E-state index >= 15 is 0 Å². The smallest absolute Gasteiger partial charge is 0.120 e. The van der Waals surface area contributed by atoms with Crippen molar-refractivity contribution in [2.75, 3.05) is 0 Å². The van der Waals surface area contributed by atoms with E-state index in [2.05, 4.69) is 26.8 Å². The molecule has 1 aliphatic carbocycles. The molecule has 0 N–H and O–H groups in total. The van der Waals surface area contributed by atoms with Crippen LogP contribution >= 0.6 is 0 Å². The minimum absolute atomic E-state index is 0.261. The third kappa shape index (κ3) is 2.01. The van der Waals surface area contributed by atoms with Gasteiger partial charge in [-0.05, 0) is 24.2 Å². The molecular weight excluding hydrogens is 160 g/mol. The second kappa shape index (κ2) is 4.08. The van der Waals surface area contributed by atoms with Gasteiger partial charge >= 0.3 is 0 Å². The molecule has 1 atom stereocenters. The van der Waals surface area contributed by atoms with Crippen molar-refractivity contribution in [2.45, 2.75) is 46.5 Å². The first-order valence-corrected chi connectivity index (χ1v) is 5.26. The number of carbonyl (C=O) groups excluding carboxylic acids is 1. The molecule has 1 rings (SSSR count). The molecule has 0 aromatic heterocycles. The molecule has 0 radical (unpaired) electrons. The van der Waals surface area contributed by atoms with E-state index in [1.54, 1.807) is 5.57 Å². The van der Waals surface area contributed by atoms with Crippen molar-refractivity contribution in [2.24, 2.45) is 11.3 Å². The number of rotatable bonds is 4. The third-order valence-corrected chi connectivity index (χ3v) is 3.40. The van der Waals surface area contributed by atoms with Gasteiger partial charge in [-0.25, -0.2) is 0 Å². The first-order chi connectivity index (χ1) is 6.12. The second-order valence-corrected chi connectivity index (χ2v) is 4.54. The van der Waals surface area contributed by atoms with E-state index < -0.39 is 0 Å². The van der Waals surface area contributed by atoms with Crippen LogP contribution in [-0.4, -0.2) is 6.29 Å². The Morgan fingerprint density at radius 3 is 2.85 bits per heavy atom. The fourth-order valence-corrected chi connectivity index (χ4v) is 2.30.